The molecule has 0 aromatic heterocycles. The summed E-state index contributed by atoms with van der Waals surface area (Å²) in [5.41, 5.74) is 0.940. The van der Waals surface area contributed by atoms with Gasteiger partial charge in [0.15, 0.2) is 15.1 Å². The third-order valence-corrected chi connectivity index (χ3v) is 9.95. The molecule has 1 aliphatic rings. The Labute approximate surface area is 225 Å². The van der Waals surface area contributed by atoms with E-state index in [-0.39, 0.29) is 40.2 Å². The van der Waals surface area contributed by atoms with Crippen LogP contribution in [0, 0.1) is 0 Å². The fraction of sp³-hybridized carbons (Fsp3) is 0.767. The Morgan fingerprint density at radius 2 is 1.35 bits per heavy atom. The van der Waals surface area contributed by atoms with Crippen LogP contribution in [0.3, 0.4) is 0 Å². The molecule has 0 amide bonds. The van der Waals surface area contributed by atoms with Crippen LogP contribution in [0.5, 0.6) is 5.75 Å². The van der Waals surface area contributed by atoms with Crippen LogP contribution in [-0.4, -0.2) is 46.7 Å². The predicted molar refractivity (Wildman–Crippen MR) is 152 cm³/mol. The minimum Gasteiger partial charge on any atom is -0.507 e. The van der Waals surface area contributed by atoms with Gasteiger partial charge in [0.05, 0.1) is 4.75 Å². The van der Waals surface area contributed by atoms with Crippen molar-refractivity contribution in [3.8, 4) is 5.75 Å². The number of esters is 1. The molecule has 1 aromatic rings. The molecule has 0 saturated carbocycles. The van der Waals surface area contributed by atoms with Crippen molar-refractivity contribution >= 4 is 15.8 Å². The monoisotopic (exact) mass is 537 g/mol. The van der Waals surface area contributed by atoms with Gasteiger partial charge in [-0.2, -0.15) is 0 Å². The summed E-state index contributed by atoms with van der Waals surface area (Å²) >= 11 is 0. The molecule has 1 heterocycles. The van der Waals surface area contributed by atoms with E-state index in [1.807, 2.05) is 53.7 Å². The van der Waals surface area contributed by atoms with Gasteiger partial charge in [-0.25, -0.2) is 8.42 Å². The molecule has 212 valence electrons. The maximum Gasteiger partial charge on any atom is 0.324 e. The highest BCUT2D eigenvalue weighted by atomic mass is 32.2. The molecule has 1 fully saturated rings. The van der Waals surface area contributed by atoms with Crippen LogP contribution in [0.25, 0.3) is 0 Å². The fourth-order valence-electron chi connectivity index (χ4n) is 5.47. The topological polar surface area (TPSA) is 92.7 Å². The van der Waals surface area contributed by atoms with Crippen LogP contribution in [0.2, 0.25) is 0 Å². The minimum absolute atomic E-state index is 0.0113. The lowest BCUT2D eigenvalue weighted by molar-refractivity contribution is -0.152. The lowest BCUT2D eigenvalue weighted by Crippen LogP contribution is -2.60. The molecule has 2 rings (SSSR count). The summed E-state index contributed by atoms with van der Waals surface area (Å²) in [6.07, 6.45) is 0.812. The van der Waals surface area contributed by atoms with E-state index in [1.165, 1.54) is 0 Å². The van der Waals surface area contributed by atoms with E-state index >= 15 is 0 Å². The largest absolute Gasteiger partial charge is 0.507 e. The molecule has 1 unspecified atom stereocenters. The number of phenolic OH excluding ortho intramolecular Hbond substituents is 1. The molecule has 0 aliphatic carbocycles. The second-order valence-corrected chi connectivity index (χ2v) is 18.1. The highest BCUT2D eigenvalue weighted by molar-refractivity contribution is 7.94. The van der Waals surface area contributed by atoms with E-state index in [4.69, 9.17) is 4.74 Å². The predicted octanol–water partition coefficient (Wildman–Crippen LogP) is 5.96. The number of benzene rings is 1. The zero-order chi connectivity index (χ0) is 29.0. The fourth-order valence-corrected chi connectivity index (χ4v) is 7.04. The third kappa shape index (κ3) is 7.50. The van der Waals surface area contributed by atoms with Crippen molar-refractivity contribution in [2.75, 3.05) is 0 Å². The van der Waals surface area contributed by atoms with Crippen LogP contribution in [0.1, 0.15) is 120 Å². The Bertz CT molecular complexity index is 1060. The number of aromatic hydroxyl groups is 1. The summed E-state index contributed by atoms with van der Waals surface area (Å²) in [5, 5.41) is 13.3. The van der Waals surface area contributed by atoms with Gasteiger partial charge >= 0.3 is 5.97 Å². The van der Waals surface area contributed by atoms with Crippen LogP contribution in [0.15, 0.2) is 12.1 Å². The Morgan fingerprint density at radius 3 is 1.70 bits per heavy atom. The first-order valence-electron chi connectivity index (χ1n) is 13.4. The molecule has 1 saturated heterocycles. The van der Waals surface area contributed by atoms with Gasteiger partial charge in [-0.3, -0.25) is 4.79 Å². The van der Waals surface area contributed by atoms with Gasteiger partial charge in [0.2, 0.25) is 0 Å². The minimum atomic E-state index is -3.90. The van der Waals surface area contributed by atoms with E-state index in [0.717, 1.165) is 11.1 Å². The lowest BCUT2D eigenvalue weighted by atomic mass is 9.78. The normalized spacial score (nSPS) is 19.9. The van der Waals surface area contributed by atoms with Gasteiger partial charge in [-0.15, -0.1) is 0 Å². The van der Waals surface area contributed by atoms with Crippen molar-refractivity contribution in [1.29, 1.82) is 0 Å². The van der Waals surface area contributed by atoms with E-state index in [1.54, 1.807) is 20.8 Å². The van der Waals surface area contributed by atoms with Crippen LogP contribution < -0.4 is 5.32 Å². The number of rotatable bonds is 5. The Kier molecular flexibility index (Phi) is 8.42. The number of piperidine rings is 1. The Morgan fingerprint density at radius 1 is 0.946 bits per heavy atom. The van der Waals surface area contributed by atoms with Gasteiger partial charge in [0, 0.05) is 23.9 Å². The second kappa shape index (κ2) is 9.86. The maximum atomic E-state index is 13.8. The molecule has 7 heteroatoms. The summed E-state index contributed by atoms with van der Waals surface area (Å²) in [6.45, 7) is 25.2. The highest BCUT2D eigenvalue weighted by Gasteiger charge is 2.45. The smallest absolute Gasteiger partial charge is 0.324 e. The maximum absolute atomic E-state index is 13.8. The average Bonchev–Trinajstić information content (AvgIpc) is 2.61. The van der Waals surface area contributed by atoms with Crippen molar-refractivity contribution in [3.05, 3.63) is 28.8 Å². The van der Waals surface area contributed by atoms with Crippen molar-refractivity contribution in [2.24, 2.45) is 0 Å². The number of ether oxygens (including phenoxy) is 1. The van der Waals surface area contributed by atoms with Crippen molar-refractivity contribution in [2.45, 2.75) is 147 Å². The Hall–Kier alpha value is -1.60. The van der Waals surface area contributed by atoms with E-state index in [2.05, 4.69) is 33.0 Å². The molecular formula is C30H51NO5S. The summed E-state index contributed by atoms with van der Waals surface area (Å²) in [6, 6.07) is 3.69. The second-order valence-electron chi connectivity index (χ2n) is 15.2. The Balaban J connectivity index is 2.58. The van der Waals surface area contributed by atoms with Crippen molar-refractivity contribution in [1.82, 2.24) is 5.32 Å². The summed E-state index contributed by atoms with van der Waals surface area (Å²) < 4.78 is 32.4. The molecule has 1 aromatic carbocycles. The molecule has 0 radical (unpaired) electrons. The molecule has 1 atom stereocenters. The molecule has 37 heavy (non-hydrogen) atoms. The summed E-state index contributed by atoms with van der Waals surface area (Å²) in [4.78, 5) is 13.7. The van der Waals surface area contributed by atoms with Gasteiger partial charge in [-0.1, -0.05) is 53.7 Å². The molecule has 2 N–H and O–H groups in total. The molecule has 0 bridgehead atoms. The zero-order valence-corrected chi connectivity index (χ0v) is 26.2. The zero-order valence-electron chi connectivity index (χ0n) is 25.4. The molecule has 6 nitrogen and oxygen atoms in total. The number of nitrogens with one attached hydrogen (secondary N) is 1. The van der Waals surface area contributed by atoms with Crippen LogP contribution >= 0.6 is 0 Å². The van der Waals surface area contributed by atoms with Gasteiger partial charge in [0.1, 0.15) is 11.9 Å². The van der Waals surface area contributed by atoms with Crippen LogP contribution in [0.4, 0.5) is 0 Å². The standard InChI is InChI=1S/C30H51NO5S/c1-26(2,3)21-14-19(15-22(24(21)32)27(4,5)6)16-23(37(34,35)28(7,8)9)25(33)36-20-17-29(10,11)31-30(12,13)18-20/h14-15,20,23,31-32H,16-18H2,1-13H3. The number of hydrogen-bond donors (Lipinski definition) is 2. The van der Waals surface area contributed by atoms with Crippen molar-refractivity contribution < 1.29 is 23.1 Å². The average molecular weight is 538 g/mol. The number of sulfone groups is 1. The van der Waals surface area contributed by atoms with Crippen LogP contribution in [-0.2, 0) is 36.6 Å². The number of carbonyl (C=O) groups is 1. The molecule has 0 spiro atoms. The van der Waals surface area contributed by atoms with Gasteiger partial charge in [-0.05, 0) is 82.4 Å². The SMILES string of the molecule is CC1(C)CC(OC(=O)C(Cc2cc(C(C)(C)C)c(O)c(C(C)(C)C)c2)S(=O)(=O)C(C)(C)C)CC(C)(C)N1. The number of hydrogen-bond acceptors (Lipinski definition) is 6. The number of carbonyl (C=O) groups excluding carboxylic acids is 1. The quantitative estimate of drug-likeness (QED) is 0.450. The van der Waals surface area contributed by atoms with Gasteiger partial charge < -0.3 is 15.2 Å². The van der Waals surface area contributed by atoms with E-state index in [9.17, 15) is 18.3 Å². The van der Waals surface area contributed by atoms with E-state index < -0.39 is 25.8 Å². The molecule has 1 aliphatic heterocycles. The summed E-state index contributed by atoms with van der Waals surface area (Å²) in [5.74, 6) is -0.475. The highest BCUT2D eigenvalue weighted by Crippen LogP contribution is 2.40. The first-order chi connectivity index (χ1) is 16.3. The van der Waals surface area contributed by atoms with Gasteiger partial charge in [0.25, 0.3) is 0 Å². The molecular weight excluding hydrogens is 486 g/mol. The van der Waals surface area contributed by atoms with E-state index in [0.29, 0.717) is 18.4 Å². The first kappa shape index (κ1) is 31.6. The number of phenols is 1. The third-order valence-electron chi connectivity index (χ3n) is 7.13. The summed E-state index contributed by atoms with van der Waals surface area (Å²) in [7, 11) is -3.90. The van der Waals surface area contributed by atoms with Crippen molar-refractivity contribution in [3.63, 3.8) is 0 Å². The first-order valence-corrected chi connectivity index (χ1v) is 14.9. The lowest BCUT2D eigenvalue weighted by Gasteiger charge is -2.46.